The third-order valence-corrected chi connectivity index (χ3v) is 0.558. The summed E-state index contributed by atoms with van der Waals surface area (Å²) in [5, 5.41) is 0. The van der Waals surface area contributed by atoms with Crippen LogP contribution in [0.25, 0.3) is 0 Å². The van der Waals surface area contributed by atoms with Crippen molar-refractivity contribution in [3.8, 4) is 0 Å². The summed E-state index contributed by atoms with van der Waals surface area (Å²) in [7, 11) is 5.14. The summed E-state index contributed by atoms with van der Waals surface area (Å²) in [6.45, 7) is 2.13. The van der Waals surface area contributed by atoms with E-state index in [-0.39, 0.29) is 34.0 Å². The molecule has 3 heteroatoms. The van der Waals surface area contributed by atoms with E-state index in [1.807, 2.05) is 0 Å². The zero-order valence-electron chi connectivity index (χ0n) is 4.45. The molecule has 0 aromatic heterocycles. The molecule has 0 saturated carbocycles. The average molecular weight is 228 g/mol. The quantitative estimate of drug-likeness (QED) is 0.417. The van der Waals surface area contributed by atoms with E-state index in [1.165, 1.54) is 12.8 Å². The molecule has 0 saturated heterocycles. The van der Waals surface area contributed by atoms with Gasteiger partial charge in [0.1, 0.15) is 0 Å². The van der Waals surface area contributed by atoms with Crippen LogP contribution in [0.15, 0.2) is 0 Å². The van der Waals surface area contributed by atoms with Gasteiger partial charge in [-0.25, -0.2) is 0 Å². The van der Waals surface area contributed by atoms with E-state index in [2.05, 4.69) is 6.92 Å². The molecule has 42 valence electrons. The van der Waals surface area contributed by atoms with Gasteiger partial charge in [0.15, 0.2) is 0 Å². The van der Waals surface area contributed by atoms with Crippen LogP contribution in [-0.4, -0.2) is 7.85 Å². The van der Waals surface area contributed by atoms with Crippen molar-refractivity contribution in [2.24, 2.45) is 0 Å². The Bertz CT molecular complexity index is 17.2. The van der Waals surface area contributed by atoms with E-state index in [1.54, 1.807) is 0 Å². The van der Waals surface area contributed by atoms with Gasteiger partial charge in [0.25, 0.3) is 0 Å². The average Bonchev–Trinajstić information content (AvgIpc) is 1.41. The minimum absolute atomic E-state index is 0. The maximum atomic E-state index is 5.14. The van der Waals surface area contributed by atoms with Gasteiger partial charge in [0, 0.05) is 0 Å². The van der Waals surface area contributed by atoms with Gasteiger partial charge in [0.2, 0.25) is 0 Å². The first-order valence-electron chi connectivity index (χ1n) is 2.12. The smallest absolute Gasteiger partial charge is 1.00 e. The molecule has 0 heterocycles. The number of halogens is 2. The van der Waals surface area contributed by atoms with Crippen LogP contribution >= 0.6 is 0 Å². The molecular weight excluding hydrogens is 219 g/mol. The van der Waals surface area contributed by atoms with E-state index in [0.717, 1.165) is 6.32 Å². The molecule has 0 spiro atoms. The Morgan fingerprint density at radius 3 is 1.71 bits per heavy atom. The van der Waals surface area contributed by atoms with Crippen molar-refractivity contribution in [2.45, 2.75) is 26.1 Å². The second kappa shape index (κ2) is 15.7. The summed E-state index contributed by atoms with van der Waals surface area (Å²) in [5.41, 5.74) is 0. The Balaban J connectivity index is -0.0000000800. The van der Waals surface area contributed by atoms with Gasteiger partial charge in [-0.05, 0) is 0 Å². The molecule has 0 radical (unpaired) electrons. The molecule has 0 nitrogen and oxygen atoms in total. The zero-order valence-corrected chi connectivity index (χ0v) is 7.63. The number of unbranched alkanes of at least 4 members (excludes halogenated alkanes) is 1. The van der Waals surface area contributed by atoms with Crippen molar-refractivity contribution in [3.05, 3.63) is 0 Å². The largest absolute Gasteiger partial charge is 1.00 e. The molecule has 0 fully saturated rings. The minimum atomic E-state index is 0. The third-order valence-electron chi connectivity index (χ3n) is 0.558. The summed E-state index contributed by atoms with van der Waals surface area (Å²) in [6, 6.07) is 0. The van der Waals surface area contributed by atoms with Gasteiger partial charge in [-0.15, -0.1) is 0 Å². The van der Waals surface area contributed by atoms with Gasteiger partial charge in [-0.2, -0.15) is 0 Å². The van der Waals surface area contributed by atoms with Crippen molar-refractivity contribution in [3.63, 3.8) is 0 Å². The van der Waals surface area contributed by atoms with E-state index >= 15 is 0 Å². The van der Waals surface area contributed by atoms with E-state index < -0.39 is 0 Å². The summed E-state index contributed by atoms with van der Waals surface area (Å²) < 4.78 is 0. The second-order valence-electron chi connectivity index (χ2n) is 1.14. The van der Waals surface area contributed by atoms with Crippen molar-refractivity contribution in [1.29, 1.82) is 0 Å². The zero-order chi connectivity index (χ0) is 4.12. The molecule has 0 aliphatic carbocycles. The predicted molar refractivity (Wildman–Crippen MR) is 25.5 cm³/mol. The molecule has 0 N–H and O–H groups in total. The number of hydrogen-bond acceptors (Lipinski definition) is 0. The molecule has 0 aromatic carbocycles. The molecule has 7 heavy (non-hydrogen) atoms. The van der Waals surface area contributed by atoms with Crippen LogP contribution in [0.1, 0.15) is 19.8 Å². The molecule has 0 aliphatic rings. The first-order chi connectivity index (χ1) is 2.41. The van der Waals surface area contributed by atoms with Crippen LogP contribution in [-0.2, 0) is 0 Å². The standard InChI is InChI=1S/C4H9B.2BrH/c1-2-3-4-5;;/h2-4H2,1H3;2*1H/q+2;;/p-2. The van der Waals surface area contributed by atoms with Gasteiger partial charge in [-0.1, -0.05) is 0 Å². The van der Waals surface area contributed by atoms with Crippen LogP contribution in [0.2, 0.25) is 6.32 Å². The van der Waals surface area contributed by atoms with Crippen molar-refractivity contribution in [1.82, 2.24) is 0 Å². The van der Waals surface area contributed by atoms with Gasteiger partial charge < -0.3 is 34.0 Å². The van der Waals surface area contributed by atoms with Crippen LogP contribution < -0.4 is 34.0 Å². The molecule has 0 bridgehead atoms. The fourth-order valence-electron chi connectivity index (χ4n) is 0.204. The maximum Gasteiger partial charge on any atom is -1.00 e. The van der Waals surface area contributed by atoms with Crippen molar-refractivity contribution < 1.29 is 34.0 Å². The Morgan fingerprint density at radius 2 is 1.71 bits per heavy atom. The normalized spacial score (nSPS) is 6.14. The number of rotatable bonds is 2. The van der Waals surface area contributed by atoms with Crippen molar-refractivity contribution in [2.75, 3.05) is 0 Å². The first kappa shape index (κ1) is 15.7. The number of hydrogen-bond donors (Lipinski definition) is 0. The summed E-state index contributed by atoms with van der Waals surface area (Å²) in [5.74, 6) is 0. The molecule has 0 aromatic rings. The second-order valence-corrected chi connectivity index (χ2v) is 1.14. The summed E-state index contributed by atoms with van der Waals surface area (Å²) in [4.78, 5) is 0. The molecule has 0 aliphatic heterocycles. The van der Waals surface area contributed by atoms with Crippen LogP contribution in [0.3, 0.4) is 0 Å². The molecule has 0 unspecified atom stereocenters. The third kappa shape index (κ3) is 19.4. The van der Waals surface area contributed by atoms with Crippen molar-refractivity contribution >= 4 is 7.85 Å². The maximum absolute atomic E-state index is 5.14. The van der Waals surface area contributed by atoms with Crippen LogP contribution in [0, 0.1) is 0 Å². The van der Waals surface area contributed by atoms with Crippen LogP contribution in [0.4, 0.5) is 0 Å². The monoisotopic (exact) mass is 226 g/mol. The Kier molecular flexibility index (Phi) is 35.3. The fraction of sp³-hybridized carbons (Fsp3) is 1.00. The molecular formula is C4H9BBr2. The molecule has 0 rings (SSSR count). The van der Waals surface area contributed by atoms with E-state index in [0.29, 0.717) is 0 Å². The first-order valence-corrected chi connectivity index (χ1v) is 2.12. The Hall–Kier alpha value is 1.02. The van der Waals surface area contributed by atoms with E-state index in [9.17, 15) is 0 Å². The van der Waals surface area contributed by atoms with Gasteiger partial charge >= 0.3 is 33.9 Å². The summed E-state index contributed by atoms with van der Waals surface area (Å²) >= 11 is 0. The Labute approximate surface area is 68.0 Å². The summed E-state index contributed by atoms with van der Waals surface area (Å²) in [6.07, 6.45) is 3.23. The van der Waals surface area contributed by atoms with Gasteiger partial charge in [-0.3, -0.25) is 0 Å². The minimum Gasteiger partial charge on any atom is -1.00 e. The van der Waals surface area contributed by atoms with Crippen LogP contribution in [0.5, 0.6) is 0 Å². The van der Waals surface area contributed by atoms with Gasteiger partial charge in [0.05, 0.1) is 0 Å². The fourth-order valence-corrected chi connectivity index (χ4v) is 0.204. The van der Waals surface area contributed by atoms with E-state index in [4.69, 9.17) is 7.85 Å². The topological polar surface area (TPSA) is 0 Å². The molecule has 0 atom stereocenters. The SMILES string of the molecule is [B+2]CCCC.[Br-].[Br-]. The predicted octanol–water partition coefficient (Wildman–Crippen LogP) is -4.62. The molecule has 0 amide bonds. The Morgan fingerprint density at radius 1 is 1.29 bits per heavy atom.